The third-order valence-electron chi connectivity index (χ3n) is 4.82. The largest absolute Gasteiger partial charge is 0.484 e. The van der Waals surface area contributed by atoms with Gasteiger partial charge < -0.3 is 24.5 Å². The quantitative estimate of drug-likeness (QED) is 0.386. The highest BCUT2D eigenvalue weighted by molar-refractivity contribution is 8.00. The topological polar surface area (TPSA) is 98.5 Å². The van der Waals surface area contributed by atoms with Gasteiger partial charge in [0.1, 0.15) is 18.2 Å². The second-order valence-electron chi connectivity index (χ2n) is 7.20. The average molecular weight is 513 g/mol. The molecule has 8 nitrogen and oxygen atoms in total. The molecule has 2 atom stereocenters. The maximum atomic E-state index is 13.5. The monoisotopic (exact) mass is 512 g/mol. The van der Waals surface area contributed by atoms with Crippen LogP contribution in [-0.2, 0) is 4.79 Å². The molecule has 1 amide bonds. The summed E-state index contributed by atoms with van der Waals surface area (Å²) in [6.45, 7) is -0.572. The molecule has 2 heterocycles. The van der Waals surface area contributed by atoms with Crippen molar-refractivity contribution in [3.8, 4) is 11.8 Å². The molecule has 0 aliphatic carbocycles. The molecule has 33 heavy (non-hydrogen) atoms. The summed E-state index contributed by atoms with van der Waals surface area (Å²) in [7, 11) is 0. The fraction of sp³-hybridized carbons (Fsp3) is 0.526. The van der Waals surface area contributed by atoms with Crippen LogP contribution in [0.2, 0.25) is 5.02 Å². The molecule has 2 aromatic rings. The summed E-state index contributed by atoms with van der Waals surface area (Å²) >= 11 is 7.06. The normalized spacial score (nSPS) is 21.0. The van der Waals surface area contributed by atoms with Crippen molar-refractivity contribution in [2.45, 2.75) is 36.4 Å². The number of alkyl halides is 3. The van der Waals surface area contributed by atoms with Crippen LogP contribution in [0.4, 0.5) is 17.6 Å². The van der Waals surface area contributed by atoms with E-state index in [1.54, 1.807) is 0 Å². The van der Waals surface area contributed by atoms with E-state index in [1.807, 2.05) is 6.26 Å². The average Bonchev–Trinajstić information content (AvgIpc) is 3.23. The Kier molecular flexibility index (Phi) is 8.29. The van der Waals surface area contributed by atoms with Crippen LogP contribution in [0.1, 0.15) is 31.2 Å². The Morgan fingerprint density at radius 3 is 2.82 bits per heavy atom. The number of nitrogens with zero attached hydrogens (tertiary/aromatic N) is 2. The molecule has 1 aliphatic heterocycles. The number of ether oxygens (including phenoxy) is 2. The van der Waals surface area contributed by atoms with E-state index >= 15 is 0 Å². The molecule has 2 N–H and O–H groups in total. The maximum absolute atomic E-state index is 13.5. The number of piperidine rings is 1. The van der Waals surface area contributed by atoms with Gasteiger partial charge in [-0.25, -0.2) is 4.39 Å². The molecule has 1 aromatic heterocycles. The zero-order chi connectivity index (χ0) is 24.1. The van der Waals surface area contributed by atoms with Gasteiger partial charge in [0, 0.05) is 12.6 Å². The number of rotatable bonds is 9. The van der Waals surface area contributed by atoms with Gasteiger partial charge in [0.2, 0.25) is 5.89 Å². The van der Waals surface area contributed by atoms with Gasteiger partial charge in [-0.1, -0.05) is 16.7 Å². The number of hydrogen-bond acceptors (Lipinski definition) is 8. The van der Waals surface area contributed by atoms with E-state index in [4.69, 9.17) is 25.5 Å². The maximum Gasteiger partial charge on any atom is 0.414 e. The number of hydrogen-bond donors (Lipinski definition) is 2. The lowest BCUT2D eigenvalue weighted by atomic mass is 10.00. The standard InChI is InChI=1S/C19H21ClF4N4O4S/c1-33-18(26-15(29)9-31-11-2-3-12(20)13(21)8-11)5-4-14(25-10-18)16-27-28-17(32-16)30-7-6-19(22,23)24/h2-3,8,14,25H,4-7,9-10H2,1H3,(H,26,29)/t14-,18-/m1/s1. The summed E-state index contributed by atoms with van der Waals surface area (Å²) in [6.07, 6.45) is -2.90. The van der Waals surface area contributed by atoms with Crippen molar-refractivity contribution in [3.63, 3.8) is 0 Å². The zero-order valence-electron chi connectivity index (χ0n) is 17.4. The van der Waals surface area contributed by atoms with E-state index in [1.165, 1.54) is 23.9 Å². The number of aromatic nitrogens is 2. The van der Waals surface area contributed by atoms with Gasteiger partial charge in [0.15, 0.2) is 6.61 Å². The fourth-order valence-electron chi connectivity index (χ4n) is 3.08. The van der Waals surface area contributed by atoms with Crippen LogP contribution in [0.3, 0.4) is 0 Å². The number of thioether (sulfide) groups is 1. The minimum Gasteiger partial charge on any atom is -0.484 e. The lowest BCUT2D eigenvalue weighted by molar-refractivity contribution is -0.140. The zero-order valence-corrected chi connectivity index (χ0v) is 18.9. The predicted molar refractivity (Wildman–Crippen MR) is 112 cm³/mol. The van der Waals surface area contributed by atoms with E-state index < -0.39 is 35.8 Å². The fourth-order valence-corrected chi connectivity index (χ4v) is 3.96. The number of carbonyl (C=O) groups excluding carboxylic acids is 1. The van der Waals surface area contributed by atoms with Crippen LogP contribution in [0.5, 0.6) is 11.8 Å². The van der Waals surface area contributed by atoms with Crippen LogP contribution >= 0.6 is 23.4 Å². The molecule has 1 aromatic carbocycles. The van der Waals surface area contributed by atoms with Crippen LogP contribution in [0, 0.1) is 5.82 Å². The van der Waals surface area contributed by atoms with Gasteiger partial charge in [-0.05, 0) is 31.2 Å². The molecule has 0 bridgehead atoms. The summed E-state index contributed by atoms with van der Waals surface area (Å²) in [6, 6.07) is 3.55. The first kappa shape index (κ1) is 25.4. The number of carbonyl (C=O) groups is 1. The van der Waals surface area contributed by atoms with Crippen molar-refractivity contribution in [1.29, 1.82) is 0 Å². The third-order valence-corrected chi connectivity index (χ3v) is 6.36. The number of nitrogens with one attached hydrogen (secondary N) is 2. The van der Waals surface area contributed by atoms with E-state index in [2.05, 4.69) is 20.8 Å². The molecule has 0 spiro atoms. The first-order chi connectivity index (χ1) is 15.6. The lowest BCUT2D eigenvalue weighted by Gasteiger charge is -2.39. The van der Waals surface area contributed by atoms with Gasteiger partial charge in [0.05, 0.1) is 22.4 Å². The summed E-state index contributed by atoms with van der Waals surface area (Å²) in [5, 5.41) is 13.5. The summed E-state index contributed by atoms with van der Waals surface area (Å²) in [5.74, 6) is -0.673. The van der Waals surface area contributed by atoms with Crippen molar-refractivity contribution in [1.82, 2.24) is 20.8 Å². The molecule has 1 fully saturated rings. The Morgan fingerprint density at radius 2 is 2.18 bits per heavy atom. The minimum absolute atomic E-state index is 0.0443. The van der Waals surface area contributed by atoms with Gasteiger partial charge in [-0.15, -0.1) is 16.9 Å². The van der Waals surface area contributed by atoms with E-state index in [0.29, 0.717) is 19.4 Å². The van der Waals surface area contributed by atoms with Crippen molar-refractivity contribution in [2.24, 2.45) is 0 Å². The highest BCUT2D eigenvalue weighted by atomic mass is 35.5. The van der Waals surface area contributed by atoms with E-state index in [9.17, 15) is 22.4 Å². The molecule has 14 heteroatoms. The molecule has 3 rings (SSSR count). The van der Waals surface area contributed by atoms with Gasteiger partial charge in [-0.2, -0.15) is 13.2 Å². The summed E-state index contributed by atoms with van der Waals surface area (Å²) in [4.78, 5) is 11.8. The molecule has 0 saturated carbocycles. The molecule has 1 aliphatic rings. The first-order valence-electron chi connectivity index (χ1n) is 9.79. The molecular weight excluding hydrogens is 492 g/mol. The number of amides is 1. The Labute approximate surface area is 195 Å². The Balaban J connectivity index is 1.48. The minimum atomic E-state index is -4.34. The van der Waals surface area contributed by atoms with Gasteiger partial charge in [-0.3, -0.25) is 4.79 Å². The third kappa shape index (κ3) is 7.37. The SMILES string of the molecule is CS[C@]1(NC(=O)COc2ccc(Cl)c(F)c2)CC[C@H](c2nnc(OCCC(F)(F)F)o2)NC1. The van der Waals surface area contributed by atoms with Crippen molar-refractivity contribution in [2.75, 3.05) is 26.0 Å². The molecular formula is C19H21ClF4N4O4S. The van der Waals surface area contributed by atoms with E-state index in [0.717, 1.165) is 6.07 Å². The first-order valence-corrected chi connectivity index (χ1v) is 11.4. The van der Waals surface area contributed by atoms with Crippen LogP contribution in [0.15, 0.2) is 22.6 Å². The molecule has 182 valence electrons. The Morgan fingerprint density at radius 1 is 1.39 bits per heavy atom. The van der Waals surface area contributed by atoms with Crippen LogP contribution < -0.4 is 20.1 Å². The highest BCUT2D eigenvalue weighted by Gasteiger charge is 2.38. The lowest BCUT2D eigenvalue weighted by Crippen LogP contribution is -2.56. The molecule has 0 radical (unpaired) electrons. The summed E-state index contributed by atoms with van der Waals surface area (Å²) < 4.78 is 65.6. The predicted octanol–water partition coefficient (Wildman–Crippen LogP) is 3.87. The Hall–Kier alpha value is -2.25. The van der Waals surface area contributed by atoms with Crippen molar-refractivity contribution in [3.05, 3.63) is 34.9 Å². The van der Waals surface area contributed by atoms with Gasteiger partial charge >= 0.3 is 12.3 Å². The van der Waals surface area contributed by atoms with Crippen molar-refractivity contribution >= 4 is 29.3 Å². The number of benzene rings is 1. The van der Waals surface area contributed by atoms with Gasteiger partial charge in [0.25, 0.3) is 5.91 Å². The molecule has 1 saturated heterocycles. The molecule has 0 unspecified atom stereocenters. The smallest absolute Gasteiger partial charge is 0.414 e. The van der Waals surface area contributed by atoms with E-state index in [-0.39, 0.29) is 35.4 Å². The highest BCUT2D eigenvalue weighted by Crippen LogP contribution is 2.34. The van der Waals surface area contributed by atoms with Crippen LogP contribution in [0.25, 0.3) is 0 Å². The second kappa shape index (κ2) is 10.8. The summed E-state index contributed by atoms with van der Waals surface area (Å²) in [5.41, 5.74) is 0. The number of halogens is 5. The Bertz CT molecular complexity index is 954. The van der Waals surface area contributed by atoms with Crippen molar-refractivity contribution < 1.29 is 36.2 Å². The van der Waals surface area contributed by atoms with Crippen LogP contribution in [-0.4, -0.2) is 53.2 Å². The second-order valence-corrected chi connectivity index (χ2v) is 8.80.